The molecule has 0 saturated carbocycles. The number of aromatic nitrogens is 3. The lowest BCUT2D eigenvalue weighted by atomic mass is 10.1. The van der Waals surface area contributed by atoms with Crippen molar-refractivity contribution in [2.24, 2.45) is 5.92 Å². The average molecular weight is 392 g/mol. The Morgan fingerprint density at radius 2 is 1.86 bits per heavy atom. The minimum Gasteiger partial charge on any atom is -0.394 e. The van der Waals surface area contributed by atoms with Crippen molar-refractivity contribution in [3.8, 4) is 11.4 Å². The molecule has 0 unspecified atom stereocenters. The molecule has 6 nitrogen and oxygen atoms in total. The van der Waals surface area contributed by atoms with Crippen molar-refractivity contribution in [1.29, 1.82) is 0 Å². The van der Waals surface area contributed by atoms with Gasteiger partial charge in [-0.15, -0.1) is 0 Å². The molecule has 0 spiro atoms. The van der Waals surface area contributed by atoms with E-state index in [1.54, 1.807) is 6.20 Å². The standard InChI is InChI=1S/C23H29N5O/c1-5-17-10-8-9-16(4)22(17)27-21-13-19(18-11-6-7-12-24-18)25-23(28-21)26-20(14-29)15(2)3/h6-13,15,20,29H,5,14H2,1-4H3,(H2,25,26,27,28)/t20-/m1/s1. The maximum absolute atomic E-state index is 9.71. The summed E-state index contributed by atoms with van der Waals surface area (Å²) in [5.74, 6) is 1.39. The van der Waals surface area contributed by atoms with Crippen LogP contribution in [0.25, 0.3) is 11.4 Å². The minimum atomic E-state index is -0.133. The van der Waals surface area contributed by atoms with Gasteiger partial charge in [0, 0.05) is 18.0 Å². The van der Waals surface area contributed by atoms with Crippen LogP contribution in [0.1, 0.15) is 31.9 Å². The van der Waals surface area contributed by atoms with Crippen molar-refractivity contribution < 1.29 is 5.11 Å². The van der Waals surface area contributed by atoms with Gasteiger partial charge >= 0.3 is 0 Å². The highest BCUT2D eigenvalue weighted by molar-refractivity contribution is 5.69. The van der Waals surface area contributed by atoms with E-state index < -0.39 is 0 Å². The molecule has 3 N–H and O–H groups in total. The van der Waals surface area contributed by atoms with Gasteiger partial charge in [-0.05, 0) is 42.5 Å². The predicted molar refractivity (Wildman–Crippen MR) is 118 cm³/mol. The number of nitrogens with one attached hydrogen (secondary N) is 2. The van der Waals surface area contributed by atoms with Gasteiger partial charge in [0.05, 0.1) is 24.0 Å². The SMILES string of the molecule is CCc1cccc(C)c1Nc1cc(-c2ccccn2)nc(N[C@H](CO)C(C)C)n1. The van der Waals surface area contributed by atoms with Gasteiger partial charge in [0.2, 0.25) is 5.95 Å². The number of aliphatic hydroxyl groups is 1. The van der Waals surface area contributed by atoms with Gasteiger partial charge in [0.15, 0.2) is 0 Å². The Kier molecular flexibility index (Phi) is 6.77. The molecule has 0 aliphatic carbocycles. The summed E-state index contributed by atoms with van der Waals surface area (Å²) in [6.45, 7) is 8.34. The second-order valence-electron chi connectivity index (χ2n) is 7.44. The highest BCUT2D eigenvalue weighted by atomic mass is 16.3. The maximum Gasteiger partial charge on any atom is 0.225 e. The minimum absolute atomic E-state index is 0.00931. The zero-order valence-corrected chi connectivity index (χ0v) is 17.5. The summed E-state index contributed by atoms with van der Waals surface area (Å²) in [5, 5.41) is 16.5. The van der Waals surface area contributed by atoms with E-state index in [0.29, 0.717) is 11.8 Å². The van der Waals surface area contributed by atoms with E-state index in [-0.39, 0.29) is 18.6 Å². The first-order valence-corrected chi connectivity index (χ1v) is 10.0. The van der Waals surface area contributed by atoms with Crippen LogP contribution in [-0.4, -0.2) is 32.7 Å². The number of rotatable bonds is 8. The van der Waals surface area contributed by atoms with Gasteiger partial charge in [-0.25, -0.2) is 4.98 Å². The van der Waals surface area contributed by atoms with Crippen molar-refractivity contribution in [2.75, 3.05) is 17.2 Å². The molecule has 0 aliphatic heterocycles. The largest absolute Gasteiger partial charge is 0.394 e. The smallest absolute Gasteiger partial charge is 0.225 e. The second-order valence-corrected chi connectivity index (χ2v) is 7.44. The topological polar surface area (TPSA) is 83.0 Å². The summed E-state index contributed by atoms with van der Waals surface area (Å²) in [6, 6.07) is 13.8. The first-order valence-electron chi connectivity index (χ1n) is 10.0. The van der Waals surface area contributed by atoms with Crippen LogP contribution in [-0.2, 0) is 6.42 Å². The first kappa shape index (κ1) is 20.7. The first-order chi connectivity index (χ1) is 14.0. The summed E-state index contributed by atoms with van der Waals surface area (Å²) in [7, 11) is 0. The fraction of sp³-hybridized carbons (Fsp3) is 0.348. The van der Waals surface area contributed by atoms with Crippen molar-refractivity contribution in [2.45, 2.75) is 40.2 Å². The average Bonchev–Trinajstić information content (AvgIpc) is 2.73. The van der Waals surface area contributed by atoms with E-state index in [2.05, 4.69) is 71.5 Å². The summed E-state index contributed by atoms with van der Waals surface area (Å²) in [6.07, 6.45) is 2.67. The number of nitrogens with zero attached hydrogens (tertiary/aromatic N) is 3. The summed E-state index contributed by atoms with van der Waals surface area (Å²) in [4.78, 5) is 13.7. The zero-order valence-electron chi connectivity index (χ0n) is 17.5. The molecule has 2 aromatic heterocycles. The fourth-order valence-corrected chi connectivity index (χ4v) is 3.14. The normalized spacial score (nSPS) is 12.1. The summed E-state index contributed by atoms with van der Waals surface area (Å²) in [5.41, 5.74) is 4.94. The number of aliphatic hydroxyl groups excluding tert-OH is 1. The highest BCUT2D eigenvalue weighted by Crippen LogP contribution is 2.27. The third-order valence-electron chi connectivity index (χ3n) is 4.96. The Morgan fingerprint density at radius 1 is 1.03 bits per heavy atom. The Balaban J connectivity index is 2.03. The lowest BCUT2D eigenvalue weighted by Crippen LogP contribution is -2.30. The van der Waals surface area contributed by atoms with Gasteiger partial charge in [0.1, 0.15) is 5.82 Å². The molecule has 1 atom stereocenters. The molecule has 152 valence electrons. The van der Waals surface area contributed by atoms with E-state index >= 15 is 0 Å². The van der Waals surface area contributed by atoms with Crippen molar-refractivity contribution in [3.63, 3.8) is 0 Å². The van der Waals surface area contributed by atoms with Crippen LogP contribution in [0.2, 0.25) is 0 Å². The van der Waals surface area contributed by atoms with Crippen LogP contribution in [0.15, 0.2) is 48.7 Å². The van der Waals surface area contributed by atoms with Gasteiger partial charge in [0.25, 0.3) is 0 Å². The summed E-state index contributed by atoms with van der Waals surface area (Å²) >= 11 is 0. The van der Waals surface area contributed by atoms with E-state index in [4.69, 9.17) is 0 Å². The van der Waals surface area contributed by atoms with Gasteiger partial charge in [-0.1, -0.05) is 45.0 Å². The Labute approximate surface area is 172 Å². The number of hydrogen-bond acceptors (Lipinski definition) is 6. The molecule has 0 bridgehead atoms. The molecular formula is C23H29N5O. The van der Waals surface area contributed by atoms with E-state index in [9.17, 15) is 5.11 Å². The number of para-hydroxylation sites is 1. The van der Waals surface area contributed by atoms with Crippen molar-refractivity contribution >= 4 is 17.5 Å². The van der Waals surface area contributed by atoms with Crippen LogP contribution in [0.3, 0.4) is 0 Å². The molecule has 1 aromatic carbocycles. The Bertz CT molecular complexity index is 943. The number of hydrogen-bond donors (Lipinski definition) is 3. The van der Waals surface area contributed by atoms with E-state index in [0.717, 1.165) is 29.1 Å². The van der Waals surface area contributed by atoms with Gasteiger partial charge in [-0.3, -0.25) is 4.98 Å². The zero-order chi connectivity index (χ0) is 20.8. The van der Waals surface area contributed by atoms with Gasteiger partial charge in [-0.2, -0.15) is 4.98 Å². The van der Waals surface area contributed by atoms with Crippen LogP contribution in [0.5, 0.6) is 0 Å². The number of aryl methyl sites for hydroxylation is 2. The predicted octanol–water partition coefficient (Wildman–Crippen LogP) is 4.58. The quantitative estimate of drug-likeness (QED) is 0.521. The fourth-order valence-electron chi connectivity index (χ4n) is 3.14. The highest BCUT2D eigenvalue weighted by Gasteiger charge is 2.16. The molecule has 29 heavy (non-hydrogen) atoms. The lowest BCUT2D eigenvalue weighted by Gasteiger charge is -2.21. The molecule has 6 heteroatoms. The van der Waals surface area contributed by atoms with Crippen molar-refractivity contribution in [3.05, 3.63) is 59.8 Å². The molecule has 3 aromatic rings. The molecule has 0 aliphatic rings. The number of benzene rings is 1. The third-order valence-corrected chi connectivity index (χ3v) is 4.96. The Hall–Kier alpha value is -2.99. The van der Waals surface area contributed by atoms with E-state index in [1.165, 1.54) is 5.56 Å². The molecule has 0 amide bonds. The van der Waals surface area contributed by atoms with E-state index in [1.807, 2.05) is 24.3 Å². The number of anilines is 3. The molecule has 2 heterocycles. The van der Waals surface area contributed by atoms with Crippen LogP contribution in [0, 0.1) is 12.8 Å². The van der Waals surface area contributed by atoms with Crippen LogP contribution < -0.4 is 10.6 Å². The maximum atomic E-state index is 9.71. The van der Waals surface area contributed by atoms with Crippen LogP contribution >= 0.6 is 0 Å². The molecular weight excluding hydrogens is 362 g/mol. The monoisotopic (exact) mass is 391 g/mol. The molecule has 0 radical (unpaired) electrons. The lowest BCUT2D eigenvalue weighted by molar-refractivity contribution is 0.248. The molecule has 0 saturated heterocycles. The molecule has 3 rings (SSSR count). The second kappa shape index (κ2) is 9.47. The number of pyridine rings is 1. The van der Waals surface area contributed by atoms with Crippen molar-refractivity contribution in [1.82, 2.24) is 15.0 Å². The van der Waals surface area contributed by atoms with Gasteiger partial charge < -0.3 is 15.7 Å². The third kappa shape index (κ3) is 5.09. The Morgan fingerprint density at radius 3 is 2.52 bits per heavy atom. The summed E-state index contributed by atoms with van der Waals surface area (Å²) < 4.78 is 0. The van der Waals surface area contributed by atoms with Crippen LogP contribution in [0.4, 0.5) is 17.5 Å². The molecule has 0 fully saturated rings.